The van der Waals surface area contributed by atoms with Crippen LogP contribution in [0, 0.1) is 5.82 Å². The summed E-state index contributed by atoms with van der Waals surface area (Å²) in [5.74, 6) is 1.07. The van der Waals surface area contributed by atoms with E-state index >= 15 is 0 Å². The van der Waals surface area contributed by atoms with Crippen molar-refractivity contribution in [2.45, 2.75) is 0 Å². The molecule has 1 amide bonds. The third-order valence-electron chi connectivity index (χ3n) is 4.46. The van der Waals surface area contributed by atoms with E-state index in [0.29, 0.717) is 28.6 Å². The number of carbonyl (C=O) groups excluding carboxylic acids is 1. The van der Waals surface area contributed by atoms with Crippen molar-refractivity contribution in [2.75, 3.05) is 19.5 Å². The lowest BCUT2D eigenvalue weighted by Gasteiger charge is -2.08. The minimum absolute atomic E-state index is 0.318. The van der Waals surface area contributed by atoms with E-state index in [1.807, 2.05) is 17.6 Å². The second-order valence-electron chi connectivity index (χ2n) is 6.31. The maximum absolute atomic E-state index is 13.3. The second-order valence-corrected chi connectivity index (χ2v) is 7.18. The van der Waals surface area contributed by atoms with Crippen molar-refractivity contribution in [3.05, 3.63) is 71.5 Å². The number of imidazole rings is 1. The number of anilines is 1. The topological polar surface area (TPSA) is 64.9 Å². The zero-order chi connectivity index (χ0) is 21.1. The highest BCUT2D eigenvalue weighted by Gasteiger charge is 2.16. The summed E-state index contributed by atoms with van der Waals surface area (Å²) in [6, 6.07) is 11.4. The van der Waals surface area contributed by atoms with Gasteiger partial charge in [-0.25, -0.2) is 9.37 Å². The summed E-state index contributed by atoms with van der Waals surface area (Å²) in [5, 5.41) is 4.77. The number of carbonyl (C=O) groups is 1. The van der Waals surface area contributed by atoms with Gasteiger partial charge in [0.25, 0.3) is 0 Å². The summed E-state index contributed by atoms with van der Waals surface area (Å²) in [6.07, 6.45) is 4.94. The Hall–Kier alpha value is -3.65. The number of nitrogens with zero attached hydrogens (tertiary/aromatic N) is 2. The lowest BCUT2D eigenvalue weighted by atomic mass is 10.1. The first-order valence-electron chi connectivity index (χ1n) is 9.01. The Bertz CT molecular complexity index is 1230. The molecule has 4 rings (SSSR count). The standard InChI is InChI=1S/C22H18FN3O3S/c1-28-17-9-3-14(13-18(17)29-2)4-10-19(27)24-21-20(15-5-7-16(23)8-6-15)25-22-26(21)11-12-30-22/h3-13H,1-2H3,(H,24,27)/b10-4+. The number of hydrogen-bond acceptors (Lipinski definition) is 5. The first-order valence-corrected chi connectivity index (χ1v) is 9.89. The van der Waals surface area contributed by atoms with E-state index in [9.17, 15) is 9.18 Å². The first-order chi connectivity index (χ1) is 14.6. The molecule has 0 aliphatic carbocycles. The van der Waals surface area contributed by atoms with Crippen molar-refractivity contribution >= 4 is 34.1 Å². The summed E-state index contributed by atoms with van der Waals surface area (Å²) in [4.78, 5) is 17.9. The van der Waals surface area contributed by atoms with Crippen molar-refractivity contribution < 1.29 is 18.7 Å². The number of ether oxygens (including phenoxy) is 2. The van der Waals surface area contributed by atoms with Gasteiger partial charge in [0.05, 0.1) is 14.2 Å². The highest BCUT2D eigenvalue weighted by molar-refractivity contribution is 7.15. The summed E-state index contributed by atoms with van der Waals surface area (Å²) >= 11 is 1.45. The van der Waals surface area contributed by atoms with Crippen LogP contribution in [0.25, 0.3) is 22.3 Å². The van der Waals surface area contributed by atoms with Crippen LogP contribution >= 0.6 is 11.3 Å². The highest BCUT2D eigenvalue weighted by Crippen LogP contribution is 2.31. The van der Waals surface area contributed by atoms with Gasteiger partial charge < -0.3 is 14.8 Å². The number of nitrogens with one attached hydrogen (secondary N) is 1. The van der Waals surface area contributed by atoms with Gasteiger partial charge in [-0.3, -0.25) is 9.20 Å². The Morgan fingerprint density at radius 2 is 1.90 bits per heavy atom. The van der Waals surface area contributed by atoms with E-state index in [-0.39, 0.29) is 11.7 Å². The molecular formula is C22H18FN3O3S. The fraction of sp³-hybridized carbons (Fsp3) is 0.0909. The Kier molecular flexibility index (Phi) is 5.49. The molecule has 6 nitrogen and oxygen atoms in total. The number of hydrogen-bond donors (Lipinski definition) is 1. The molecule has 1 N–H and O–H groups in total. The van der Waals surface area contributed by atoms with E-state index in [2.05, 4.69) is 10.3 Å². The molecule has 2 heterocycles. The van der Waals surface area contributed by atoms with Gasteiger partial charge in [0.2, 0.25) is 5.91 Å². The molecule has 0 aliphatic heterocycles. The lowest BCUT2D eigenvalue weighted by molar-refractivity contribution is -0.111. The normalized spacial score (nSPS) is 11.2. The summed E-state index contributed by atoms with van der Waals surface area (Å²) in [6.45, 7) is 0. The average Bonchev–Trinajstić information content (AvgIpc) is 3.35. The molecule has 2 aromatic carbocycles. The van der Waals surface area contributed by atoms with E-state index < -0.39 is 0 Å². The molecule has 0 spiro atoms. The lowest BCUT2D eigenvalue weighted by Crippen LogP contribution is -2.10. The van der Waals surface area contributed by atoms with Crippen LogP contribution in [0.4, 0.5) is 10.2 Å². The molecule has 0 fully saturated rings. The van der Waals surface area contributed by atoms with Crippen LogP contribution in [0.3, 0.4) is 0 Å². The van der Waals surface area contributed by atoms with Crippen molar-refractivity contribution in [1.82, 2.24) is 9.38 Å². The molecule has 0 radical (unpaired) electrons. The summed E-state index contributed by atoms with van der Waals surface area (Å²) < 4.78 is 25.6. The number of methoxy groups -OCH3 is 2. The maximum Gasteiger partial charge on any atom is 0.249 e. The largest absolute Gasteiger partial charge is 0.493 e. The molecule has 30 heavy (non-hydrogen) atoms. The minimum atomic E-state index is -0.330. The van der Waals surface area contributed by atoms with Crippen LogP contribution in [0.5, 0.6) is 11.5 Å². The quantitative estimate of drug-likeness (QED) is 0.450. The molecule has 0 saturated carbocycles. The average molecular weight is 423 g/mol. The van der Waals surface area contributed by atoms with Gasteiger partial charge in [0.15, 0.2) is 16.5 Å². The molecule has 0 atom stereocenters. The molecule has 0 saturated heterocycles. The Labute approximate surface area is 176 Å². The molecule has 8 heteroatoms. The predicted molar refractivity (Wildman–Crippen MR) is 116 cm³/mol. The van der Waals surface area contributed by atoms with Gasteiger partial charge >= 0.3 is 0 Å². The van der Waals surface area contributed by atoms with E-state index in [1.54, 1.807) is 49.0 Å². The second kappa shape index (κ2) is 8.38. The van der Waals surface area contributed by atoms with Crippen molar-refractivity contribution in [3.63, 3.8) is 0 Å². The number of aromatic nitrogens is 2. The third kappa shape index (κ3) is 3.90. The maximum atomic E-state index is 13.3. The number of benzene rings is 2. The van der Waals surface area contributed by atoms with Gasteiger partial charge in [-0.1, -0.05) is 6.07 Å². The fourth-order valence-electron chi connectivity index (χ4n) is 3.00. The van der Waals surface area contributed by atoms with Crippen LogP contribution in [-0.4, -0.2) is 29.5 Å². The zero-order valence-corrected chi connectivity index (χ0v) is 17.1. The minimum Gasteiger partial charge on any atom is -0.493 e. The number of fused-ring (bicyclic) bond motifs is 1. The van der Waals surface area contributed by atoms with Crippen molar-refractivity contribution in [3.8, 4) is 22.8 Å². The molecular weight excluding hydrogens is 405 g/mol. The molecule has 2 aromatic heterocycles. The SMILES string of the molecule is COc1ccc(/C=C/C(=O)Nc2c(-c3ccc(F)cc3)nc3sccn23)cc1OC. The highest BCUT2D eigenvalue weighted by atomic mass is 32.1. The Balaban J connectivity index is 1.60. The van der Waals surface area contributed by atoms with Gasteiger partial charge in [-0.05, 0) is 48.0 Å². The first kappa shape index (κ1) is 19.7. The van der Waals surface area contributed by atoms with E-state index in [4.69, 9.17) is 9.47 Å². The van der Waals surface area contributed by atoms with Gasteiger partial charge in [-0.15, -0.1) is 11.3 Å². The fourth-order valence-corrected chi connectivity index (χ4v) is 3.71. The predicted octanol–water partition coefficient (Wildman–Crippen LogP) is 4.87. The van der Waals surface area contributed by atoms with Crippen LogP contribution in [0.1, 0.15) is 5.56 Å². The van der Waals surface area contributed by atoms with E-state index in [1.165, 1.54) is 29.5 Å². The molecule has 0 unspecified atom stereocenters. The monoisotopic (exact) mass is 423 g/mol. The van der Waals surface area contributed by atoms with Crippen LogP contribution in [0.2, 0.25) is 0 Å². The summed E-state index contributed by atoms with van der Waals surface area (Å²) in [5.41, 5.74) is 2.08. The zero-order valence-electron chi connectivity index (χ0n) is 16.3. The van der Waals surface area contributed by atoms with Gasteiger partial charge in [0, 0.05) is 23.2 Å². The van der Waals surface area contributed by atoms with Crippen LogP contribution < -0.4 is 14.8 Å². The van der Waals surface area contributed by atoms with Crippen molar-refractivity contribution in [2.24, 2.45) is 0 Å². The number of thiazole rings is 1. The number of halogens is 1. The van der Waals surface area contributed by atoms with Crippen molar-refractivity contribution in [1.29, 1.82) is 0 Å². The Morgan fingerprint density at radius 3 is 2.63 bits per heavy atom. The molecule has 152 valence electrons. The molecule has 0 aliphatic rings. The third-order valence-corrected chi connectivity index (χ3v) is 5.21. The van der Waals surface area contributed by atoms with Gasteiger partial charge in [-0.2, -0.15) is 0 Å². The summed E-state index contributed by atoms with van der Waals surface area (Å²) in [7, 11) is 3.12. The Morgan fingerprint density at radius 1 is 1.13 bits per heavy atom. The van der Waals surface area contributed by atoms with Crippen LogP contribution in [-0.2, 0) is 4.79 Å². The molecule has 4 aromatic rings. The molecule has 0 bridgehead atoms. The number of amides is 1. The van der Waals surface area contributed by atoms with E-state index in [0.717, 1.165) is 10.5 Å². The number of rotatable bonds is 6. The smallest absolute Gasteiger partial charge is 0.249 e. The van der Waals surface area contributed by atoms with Crippen LogP contribution in [0.15, 0.2) is 60.1 Å². The van der Waals surface area contributed by atoms with Gasteiger partial charge in [0.1, 0.15) is 17.3 Å².